The minimum atomic E-state index is -4.60. The summed E-state index contributed by atoms with van der Waals surface area (Å²) in [7, 11) is -1.39. The van der Waals surface area contributed by atoms with E-state index in [9.17, 15) is 37.5 Å². The van der Waals surface area contributed by atoms with Crippen molar-refractivity contribution in [1.29, 1.82) is 0 Å². The van der Waals surface area contributed by atoms with Crippen LogP contribution in [-0.4, -0.2) is 208 Å². The molecule has 628 valence electrons. The van der Waals surface area contributed by atoms with Crippen LogP contribution in [0.1, 0.15) is 102 Å². The third-order valence-corrected chi connectivity index (χ3v) is 23.2. The van der Waals surface area contributed by atoms with Gasteiger partial charge in [0.15, 0.2) is 0 Å². The normalized spacial score (nSPS) is 21.6. The lowest BCUT2D eigenvalue weighted by Crippen LogP contribution is -2.61. The van der Waals surface area contributed by atoms with Gasteiger partial charge in [-0.25, -0.2) is 22.6 Å². The van der Waals surface area contributed by atoms with Crippen LogP contribution < -0.4 is 67.7 Å². The fourth-order valence-corrected chi connectivity index (χ4v) is 15.8. The Morgan fingerprint density at radius 2 is 1.03 bits per heavy atom. The molecule has 0 spiro atoms. The smallest absolute Gasteiger partial charge is 0.326 e. The Hall–Kier alpha value is -12.4. The van der Waals surface area contributed by atoms with E-state index in [0.717, 1.165) is 21.5 Å². The molecule has 2 saturated heterocycles. The van der Waals surface area contributed by atoms with Gasteiger partial charge in [-0.2, -0.15) is 0 Å². The lowest BCUT2D eigenvalue weighted by Gasteiger charge is -2.36. The summed E-state index contributed by atoms with van der Waals surface area (Å²) in [5, 5.41) is 47.7. The van der Waals surface area contributed by atoms with Crippen molar-refractivity contribution in [3.8, 4) is 11.5 Å². The topological polar surface area (TPSA) is 429 Å². The minimum absolute atomic E-state index is 0.0206. The first-order chi connectivity index (χ1) is 56.7. The number of sulfonamides is 1. The van der Waals surface area contributed by atoms with E-state index >= 15 is 24.0 Å². The van der Waals surface area contributed by atoms with Crippen molar-refractivity contribution in [1.82, 2.24) is 93.0 Å². The van der Waals surface area contributed by atoms with Crippen molar-refractivity contribution in [2.75, 3.05) is 33.8 Å². The minimum Gasteiger partial charge on any atom is -0.487 e. The average molecular weight is 1650 g/mol. The summed E-state index contributed by atoms with van der Waals surface area (Å²) in [5.41, 5.74) is 7.29. The Morgan fingerprint density at radius 1 is 0.571 bits per heavy atom. The van der Waals surface area contributed by atoms with E-state index < -0.39 is 152 Å². The fraction of sp³-hybridized carbons (Fsp3) is 0.400. The van der Waals surface area contributed by atoms with Crippen LogP contribution in [0.4, 0.5) is 0 Å². The molecule has 33 nitrogen and oxygen atoms in total. The molecule has 9 amide bonds. The summed E-state index contributed by atoms with van der Waals surface area (Å²) in [5.74, 6) is -7.26. The number of nitrogens with zero attached hydrogens (tertiary/aromatic N) is 7. The van der Waals surface area contributed by atoms with Gasteiger partial charge in [0.2, 0.25) is 47.3 Å². The van der Waals surface area contributed by atoms with Crippen LogP contribution in [0.15, 0.2) is 181 Å². The molecule has 119 heavy (non-hydrogen) atoms. The maximum absolute atomic E-state index is 15.6. The number of carboxylic acids is 1. The SMILES string of the molecule is CN[C@@H](C)C(=O)N[C@H](C(=O)N1C[C@@H]2C[C@H]1C(=O)N[C@@H](Cc1ccc3ccccc3c1)C(=O)N[C@H](C(=O)O)Cc1ccc(cc1)OCc1cn(nn1)[C@H]1C[C@@H](C(=O)N[C@@H](Cc3ccc4ccccc4c3)C(=O)N[C@H](C(=O)NS(=O)(=O)c3ccncc3)Cc3ccc(cc3)OCC3=CN2NN3)N(C(=O)[C@@H](NC(=O)[C@H](C)NC)C(C)(C)C)C1)C(C)(C)C. The molecule has 12 N–H and O–H groups in total. The summed E-state index contributed by atoms with van der Waals surface area (Å²) in [4.78, 5) is 154. The first kappa shape index (κ1) is 86.0. The number of ether oxygens (including phenoxy) is 2. The highest BCUT2D eigenvalue weighted by atomic mass is 32.2. The largest absolute Gasteiger partial charge is 0.487 e. The van der Waals surface area contributed by atoms with Crippen molar-refractivity contribution in [3.05, 3.63) is 204 Å². The number of likely N-dealkylation sites (tertiary alicyclic amines) is 2. The van der Waals surface area contributed by atoms with E-state index in [-0.39, 0.29) is 69.7 Å². The Balaban J connectivity index is 0.896. The van der Waals surface area contributed by atoms with Crippen LogP contribution in [0.25, 0.3) is 21.5 Å². The number of aliphatic carboxylic acids is 1. The van der Waals surface area contributed by atoms with Gasteiger partial charge in [0.05, 0.1) is 41.0 Å². The number of hydrogen-bond donors (Lipinski definition) is 12. The number of nitrogens with one attached hydrogen (secondary N) is 11. The number of fused-ring (bicyclic) bond motifs is 2. The summed E-state index contributed by atoms with van der Waals surface area (Å²) < 4.78 is 44.1. The second-order valence-electron chi connectivity index (χ2n) is 32.7. The number of hydrogen-bond acceptors (Lipinski definition) is 22. The highest BCUT2D eigenvalue weighted by molar-refractivity contribution is 7.90. The predicted molar refractivity (Wildman–Crippen MR) is 439 cm³/mol. The summed E-state index contributed by atoms with van der Waals surface area (Å²) in [6.45, 7) is 13.5. The number of pyridine rings is 1. The van der Waals surface area contributed by atoms with Crippen LogP contribution in [0, 0.1) is 10.8 Å². The molecule has 0 saturated carbocycles. The monoisotopic (exact) mass is 1650 g/mol. The molecule has 9 heterocycles. The van der Waals surface area contributed by atoms with Crippen LogP contribution in [0.5, 0.6) is 11.5 Å². The van der Waals surface area contributed by atoms with Crippen LogP contribution >= 0.6 is 0 Å². The van der Waals surface area contributed by atoms with Crippen molar-refractivity contribution in [3.63, 3.8) is 0 Å². The number of amides is 9. The zero-order chi connectivity index (χ0) is 85.2. The molecule has 6 aromatic carbocycles. The summed E-state index contributed by atoms with van der Waals surface area (Å²) in [6, 6.07) is 27.5. The Bertz CT molecular complexity index is 5230. The van der Waals surface area contributed by atoms with Crippen molar-refractivity contribution in [2.24, 2.45) is 10.8 Å². The van der Waals surface area contributed by atoms with E-state index in [4.69, 9.17) is 9.47 Å². The number of hydrazine groups is 2. The number of aromatic nitrogens is 4. The van der Waals surface area contributed by atoms with Crippen molar-refractivity contribution in [2.45, 2.75) is 178 Å². The number of carbonyl (C=O) groups excluding carboxylic acids is 9. The molecular weight excluding hydrogens is 1550 g/mol. The van der Waals surface area contributed by atoms with Gasteiger partial charge in [-0.15, -0.1) is 10.6 Å². The highest BCUT2D eigenvalue weighted by Crippen LogP contribution is 2.34. The van der Waals surface area contributed by atoms with E-state index in [1.54, 1.807) is 141 Å². The first-order valence-electron chi connectivity index (χ1n) is 39.5. The first-order valence-corrected chi connectivity index (χ1v) is 40.9. The molecule has 7 aliphatic rings. The molecule has 0 unspecified atom stereocenters. The van der Waals surface area contributed by atoms with Gasteiger partial charge >= 0.3 is 5.97 Å². The second-order valence-corrected chi connectivity index (χ2v) is 34.4. The summed E-state index contributed by atoms with van der Waals surface area (Å²) in [6.07, 6.45) is 4.83. The molecule has 12 atom stereocenters. The maximum atomic E-state index is 15.6. The van der Waals surface area contributed by atoms with Crippen LogP contribution in [0.3, 0.4) is 0 Å². The molecule has 0 aliphatic carbocycles. The van der Waals surface area contributed by atoms with Gasteiger partial charge in [0.1, 0.15) is 78.7 Å². The van der Waals surface area contributed by atoms with Crippen molar-refractivity contribution >= 4 is 90.7 Å². The quantitative estimate of drug-likeness (QED) is 0.0660. The Morgan fingerprint density at radius 3 is 1.52 bits per heavy atom. The molecule has 7 aliphatic heterocycles. The standard InChI is InChI=1S/C85H102N18O15S/c1-49(86-9)74(104)93-72(84(3,4)5)81(111)100-45-61-41-70(100)79(109)90-66(39-53-19-25-55-15-11-13-17-57(55)35-53)76(106)89-68(78(108)97-119(115,116)65-31-33-88-34-32-65)37-51-21-27-63(28-22-51)117-47-59-43-103(98-95-59)62-42-71(101(46-62)82(112)73(85(6,7)8)94-75(105)50(2)87-10)80(110)91-67(40-54-20-26-56-16-12-14-18-58(56)36-54)77(107)92-69(83(113)114)38-52-23-29-64(30-24-52)118-48-60-44-102(61)99-96-60/h11-36,43-44,49-50,61-62,66-73,86-87,95,98H,37-42,45-48H2,1-10H3,(H,89,106)(H,90,109)(H,91,110)(H,92,107)(H,93,104)(H,94,105)(H,97,108)(H,113,114)/t49-,50-,61-,62-,66-,67-,68-,69-,70-,71-,72+,73+/m0/s1. The third kappa shape index (κ3) is 21.3. The Labute approximate surface area is 689 Å². The molecule has 8 aromatic rings. The van der Waals surface area contributed by atoms with Crippen molar-refractivity contribution < 1.29 is 70.9 Å². The van der Waals surface area contributed by atoms with E-state index in [0.29, 0.717) is 45.1 Å². The van der Waals surface area contributed by atoms with Crippen LogP contribution in [-0.2, 0) is 90.3 Å². The van der Waals surface area contributed by atoms with E-state index in [1.165, 1.54) is 39.0 Å². The molecule has 2 aromatic heterocycles. The molecule has 0 radical (unpaired) electrons. The number of benzene rings is 6. The maximum Gasteiger partial charge on any atom is 0.326 e. The average Bonchev–Trinajstić information content (AvgIpc) is 1.64. The molecule has 12 bridgehead atoms. The Kier molecular flexibility index (Phi) is 26.8. The van der Waals surface area contributed by atoms with Crippen LogP contribution in [0.2, 0.25) is 0 Å². The third-order valence-electron chi connectivity index (χ3n) is 21.9. The lowest BCUT2D eigenvalue weighted by atomic mass is 9.85. The van der Waals surface area contributed by atoms with E-state index in [2.05, 4.69) is 73.5 Å². The van der Waals surface area contributed by atoms with E-state index in [1.807, 2.05) is 78.9 Å². The number of carboxylic acid groups (broad SMARTS) is 1. The van der Waals surface area contributed by atoms with Gasteiger partial charge in [0, 0.05) is 70.2 Å². The lowest BCUT2D eigenvalue weighted by molar-refractivity contribution is -0.145. The zero-order valence-electron chi connectivity index (χ0n) is 67.9. The molecular formula is C85H102N18O15S. The van der Waals surface area contributed by atoms with Gasteiger partial charge in [-0.05, 0) is 119 Å². The van der Waals surface area contributed by atoms with Gasteiger partial charge in [-0.3, -0.25) is 53.1 Å². The zero-order valence-corrected chi connectivity index (χ0v) is 68.7. The van der Waals surface area contributed by atoms with Gasteiger partial charge in [0.25, 0.3) is 15.9 Å². The second kappa shape index (κ2) is 37.0. The number of likely N-dealkylation sites (N-methyl/N-ethyl adjacent to an activating group) is 2. The highest BCUT2D eigenvalue weighted by Gasteiger charge is 2.50. The molecule has 34 heteroatoms. The predicted octanol–water partition coefficient (Wildman–Crippen LogP) is 3.31. The molecule has 2 fully saturated rings. The fourth-order valence-electron chi connectivity index (χ4n) is 14.8. The summed E-state index contributed by atoms with van der Waals surface area (Å²) >= 11 is 0. The number of rotatable bonds is 16. The molecule has 15 rings (SSSR count). The van der Waals surface area contributed by atoms with Gasteiger partial charge in [-0.1, -0.05) is 156 Å². The number of carbonyl (C=O) groups is 10. The van der Waals surface area contributed by atoms with Gasteiger partial charge < -0.3 is 72.3 Å².